The molecule has 7 nitrogen and oxygen atoms in total. The van der Waals surface area contributed by atoms with E-state index in [0.29, 0.717) is 10.2 Å². The molecular weight excluding hydrogens is 626 g/mol. The predicted molar refractivity (Wildman–Crippen MR) is 174 cm³/mol. The van der Waals surface area contributed by atoms with Gasteiger partial charge in [0.15, 0.2) is 0 Å². The van der Waals surface area contributed by atoms with Crippen LogP contribution in [0.25, 0.3) is 0 Å². The molecule has 0 aliphatic heterocycles. The summed E-state index contributed by atoms with van der Waals surface area (Å²) < 4.78 is 29.8. The molecule has 0 heterocycles. The number of nitrogens with zero attached hydrogens (tertiary/aromatic N) is 2. The van der Waals surface area contributed by atoms with Crippen molar-refractivity contribution in [2.45, 2.75) is 50.7 Å². The van der Waals surface area contributed by atoms with Crippen LogP contribution in [0, 0.1) is 6.92 Å². The number of sulfonamides is 1. The largest absolute Gasteiger partial charge is 0.352 e. The number of aryl methyl sites for hydroxylation is 1. The first-order valence-corrected chi connectivity index (χ1v) is 16.3. The molecule has 4 rings (SSSR count). The highest BCUT2D eigenvalue weighted by atomic mass is 79.9. The number of nitrogens with one attached hydrogen (secondary N) is 1. The zero-order chi connectivity index (χ0) is 31.0. The van der Waals surface area contributed by atoms with E-state index in [9.17, 15) is 18.0 Å². The highest BCUT2D eigenvalue weighted by Crippen LogP contribution is 2.27. The Hall–Kier alpha value is -3.95. The predicted octanol–water partition coefficient (Wildman–Crippen LogP) is 6.12. The summed E-state index contributed by atoms with van der Waals surface area (Å²) in [6, 6.07) is 31.0. The Morgan fingerprint density at radius 3 is 2.07 bits per heavy atom. The molecule has 43 heavy (non-hydrogen) atoms. The third-order valence-corrected chi connectivity index (χ3v) is 9.13. The van der Waals surface area contributed by atoms with E-state index in [-0.39, 0.29) is 29.8 Å². The molecule has 0 unspecified atom stereocenters. The first-order valence-electron chi connectivity index (χ1n) is 14.1. The second-order valence-electron chi connectivity index (χ2n) is 10.7. The lowest BCUT2D eigenvalue weighted by molar-refractivity contribution is -0.140. The first-order chi connectivity index (χ1) is 20.5. The van der Waals surface area contributed by atoms with Crippen molar-refractivity contribution in [1.82, 2.24) is 10.2 Å². The molecular formula is C34H36BrN3O4S. The second kappa shape index (κ2) is 14.5. The van der Waals surface area contributed by atoms with Gasteiger partial charge in [-0.15, -0.1) is 0 Å². The molecule has 0 saturated carbocycles. The molecule has 4 aromatic rings. The SMILES string of the molecule is Cc1cccc(CN(C(=O)CN(c2cccc(Br)c2)S(=O)(=O)c2ccccc2)[C@@H](Cc2ccccc2)C(=O)NC(C)C)c1. The minimum atomic E-state index is -4.14. The lowest BCUT2D eigenvalue weighted by Gasteiger charge is -2.34. The van der Waals surface area contributed by atoms with Crippen molar-refractivity contribution < 1.29 is 18.0 Å². The summed E-state index contributed by atoms with van der Waals surface area (Å²) in [5, 5.41) is 2.97. The van der Waals surface area contributed by atoms with E-state index >= 15 is 0 Å². The van der Waals surface area contributed by atoms with Gasteiger partial charge in [0.25, 0.3) is 10.0 Å². The van der Waals surface area contributed by atoms with Gasteiger partial charge in [-0.2, -0.15) is 0 Å². The topological polar surface area (TPSA) is 86.8 Å². The number of hydrogen-bond acceptors (Lipinski definition) is 4. The Bertz CT molecular complexity index is 1650. The fourth-order valence-electron chi connectivity index (χ4n) is 4.82. The molecule has 1 atom stereocenters. The van der Waals surface area contributed by atoms with Gasteiger partial charge in [-0.05, 0) is 62.2 Å². The summed E-state index contributed by atoms with van der Waals surface area (Å²) in [6.45, 7) is 5.32. The zero-order valence-corrected chi connectivity index (χ0v) is 26.9. The van der Waals surface area contributed by atoms with Crippen molar-refractivity contribution in [1.29, 1.82) is 0 Å². The Morgan fingerprint density at radius 2 is 1.44 bits per heavy atom. The van der Waals surface area contributed by atoms with Crippen molar-refractivity contribution in [3.8, 4) is 0 Å². The van der Waals surface area contributed by atoms with Gasteiger partial charge in [0.2, 0.25) is 11.8 Å². The number of benzene rings is 4. The Kier molecular flexibility index (Phi) is 10.8. The molecule has 0 bridgehead atoms. The summed E-state index contributed by atoms with van der Waals surface area (Å²) in [5.41, 5.74) is 3.06. The molecule has 0 spiro atoms. The quantitative estimate of drug-likeness (QED) is 0.198. The van der Waals surface area contributed by atoms with E-state index in [2.05, 4.69) is 21.2 Å². The maximum absolute atomic E-state index is 14.4. The fourth-order valence-corrected chi connectivity index (χ4v) is 6.64. The lowest BCUT2D eigenvalue weighted by atomic mass is 10.0. The minimum Gasteiger partial charge on any atom is -0.352 e. The van der Waals surface area contributed by atoms with Crippen LogP contribution in [0.2, 0.25) is 0 Å². The number of amides is 2. The van der Waals surface area contributed by atoms with E-state index in [1.54, 1.807) is 42.5 Å². The normalized spacial score (nSPS) is 12.0. The van der Waals surface area contributed by atoms with Crippen LogP contribution >= 0.6 is 15.9 Å². The number of halogens is 1. The Labute approximate surface area is 262 Å². The van der Waals surface area contributed by atoms with Gasteiger partial charge in [-0.25, -0.2) is 8.42 Å². The summed E-state index contributed by atoms with van der Waals surface area (Å²) in [7, 11) is -4.14. The monoisotopic (exact) mass is 661 g/mol. The van der Waals surface area contributed by atoms with Gasteiger partial charge >= 0.3 is 0 Å². The number of anilines is 1. The van der Waals surface area contributed by atoms with Gasteiger partial charge in [-0.1, -0.05) is 100 Å². The van der Waals surface area contributed by atoms with Gasteiger partial charge in [-0.3, -0.25) is 13.9 Å². The van der Waals surface area contributed by atoms with Crippen LogP contribution in [-0.4, -0.2) is 43.8 Å². The van der Waals surface area contributed by atoms with Gasteiger partial charge in [0.05, 0.1) is 10.6 Å². The number of carbonyl (C=O) groups excluding carboxylic acids is 2. The highest BCUT2D eigenvalue weighted by Gasteiger charge is 2.34. The molecule has 1 N–H and O–H groups in total. The third kappa shape index (κ3) is 8.55. The molecule has 0 saturated heterocycles. The maximum Gasteiger partial charge on any atom is 0.264 e. The molecule has 224 valence electrons. The fraction of sp³-hybridized carbons (Fsp3) is 0.235. The van der Waals surface area contributed by atoms with E-state index < -0.39 is 28.5 Å². The number of hydrogen-bond donors (Lipinski definition) is 1. The Balaban J connectivity index is 1.80. The smallest absolute Gasteiger partial charge is 0.264 e. The molecule has 0 aliphatic rings. The average Bonchev–Trinajstić information content (AvgIpc) is 2.98. The lowest BCUT2D eigenvalue weighted by Crippen LogP contribution is -2.54. The highest BCUT2D eigenvalue weighted by molar-refractivity contribution is 9.10. The zero-order valence-electron chi connectivity index (χ0n) is 24.5. The van der Waals surface area contributed by atoms with E-state index in [4.69, 9.17) is 0 Å². The maximum atomic E-state index is 14.4. The summed E-state index contributed by atoms with van der Waals surface area (Å²) in [6.07, 6.45) is 0.263. The van der Waals surface area contributed by atoms with Crippen molar-refractivity contribution in [2.24, 2.45) is 0 Å². The number of carbonyl (C=O) groups is 2. The van der Waals surface area contributed by atoms with Crippen LogP contribution in [-0.2, 0) is 32.6 Å². The van der Waals surface area contributed by atoms with Crippen LogP contribution in [0.5, 0.6) is 0 Å². The van der Waals surface area contributed by atoms with Crippen LogP contribution in [0.3, 0.4) is 0 Å². The number of rotatable bonds is 12. The minimum absolute atomic E-state index is 0.0615. The molecule has 2 amide bonds. The first kappa shape index (κ1) is 32.0. The van der Waals surface area contributed by atoms with Gasteiger partial charge in [0, 0.05) is 23.5 Å². The van der Waals surface area contributed by atoms with Crippen LogP contribution in [0.4, 0.5) is 5.69 Å². The van der Waals surface area contributed by atoms with Crippen molar-refractivity contribution >= 4 is 43.5 Å². The molecule has 0 aliphatic carbocycles. The average molecular weight is 663 g/mol. The standard InChI is InChI=1S/C34H36BrN3O4S/c1-25(2)36-34(40)32(21-27-13-6-4-7-14-27)37(23-28-15-10-12-26(3)20-28)33(39)24-38(30-17-11-16-29(35)22-30)43(41,42)31-18-8-5-9-19-31/h4-20,22,25,32H,21,23-24H2,1-3H3,(H,36,40)/t32-/m0/s1. The second-order valence-corrected chi connectivity index (χ2v) is 13.5. The summed E-state index contributed by atoms with van der Waals surface area (Å²) in [5.74, 6) is -0.805. The van der Waals surface area contributed by atoms with E-state index in [1.165, 1.54) is 17.0 Å². The van der Waals surface area contributed by atoms with Gasteiger partial charge < -0.3 is 10.2 Å². The van der Waals surface area contributed by atoms with Crippen LogP contribution < -0.4 is 9.62 Å². The molecule has 0 fully saturated rings. The van der Waals surface area contributed by atoms with Gasteiger partial charge in [0.1, 0.15) is 12.6 Å². The summed E-state index contributed by atoms with van der Waals surface area (Å²) in [4.78, 5) is 29.7. The van der Waals surface area contributed by atoms with Crippen molar-refractivity contribution in [3.05, 3.63) is 130 Å². The molecule has 9 heteroatoms. The summed E-state index contributed by atoms with van der Waals surface area (Å²) >= 11 is 3.43. The third-order valence-electron chi connectivity index (χ3n) is 6.84. The van der Waals surface area contributed by atoms with Crippen LogP contribution in [0.1, 0.15) is 30.5 Å². The van der Waals surface area contributed by atoms with Crippen molar-refractivity contribution in [2.75, 3.05) is 10.8 Å². The Morgan fingerprint density at radius 1 is 0.814 bits per heavy atom. The van der Waals surface area contributed by atoms with Crippen LogP contribution in [0.15, 0.2) is 119 Å². The molecule has 4 aromatic carbocycles. The van der Waals surface area contributed by atoms with E-state index in [0.717, 1.165) is 21.0 Å². The van der Waals surface area contributed by atoms with E-state index in [1.807, 2.05) is 75.4 Å². The van der Waals surface area contributed by atoms with Crippen molar-refractivity contribution in [3.63, 3.8) is 0 Å². The molecule has 0 aromatic heterocycles. The molecule has 0 radical (unpaired) electrons.